The SMILES string of the molecule is CCOC(=O)C(C)Oc1ccc(F)cc1N. The number of hydrogen-bond acceptors (Lipinski definition) is 4. The molecular weight excluding hydrogens is 213 g/mol. The van der Waals surface area contributed by atoms with Crippen molar-refractivity contribution in [1.29, 1.82) is 0 Å². The number of esters is 1. The fourth-order valence-electron chi connectivity index (χ4n) is 1.12. The first-order valence-electron chi connectivity index (χ1n) is 4.93. The van der Waals surface area contributed by atoms with Crippen LogP contribution in [0, 0.1) is 5.82 Å². The lowest BCUT2D eigenvalue weighted by atomic mass is 10.3. The maximum absolute atomic E-state index is 12.7. The monoisotopic (exact) mass is 227 g/mol. The highest BCUT2D eigenvalue weighted by Gasteiger charge is 2.16. The van der Waals surface area contributed by atoms with E-state index in [0.29, 0.717) is 0 Å². The van der Waals surface area contributed by atoms with E-state index in [1.165, 1.54) is 12.1 Å². The molecule has 1 unspecified atom stereocenters. The van der Waals surface area contributed by atoms with Crippen molar-refractivity contribution in [2.24, 2.45) is 0 Å². The molecule has 5 heteroatoms. The molecule has 1 atom stereocenters. The van der Waals surface area contributed by atoms with Crippen molar-refractivity contribution in [1.82, 2.24) is 0 Å². The van der Waals surface area contributed by atoms with Crippen LogP contribution in [-0.2, 0) is 9.53 Å². The van der Waals surface area contributed by atoms with Crippen molar-refractivity contribution >= 4 is 11.7 Å². The van der Waals surface area contributed by atoms with Crippen molar-refractivity contribution < 1.29 is 18.7 Å². The zero-order valence-electron chi connectivity index (χ0n) is 9.20. The summed E-state index contributed by atoms with van der Waals surface area (Å²) < 4.78 is 22.7. The van der Waals surface area contributed by atoms with Gasteiger partial charge < -0.3 is 15.2 Å². The molecular formula is C11H14FNO3. The second-order valence-corrected chi connectivity index (χ2v) is 3.19. The summed E-state index contributed by atoms with van der Waals surface area (Å²) in [5.41, 5.74) is 5.68. The molecule has 0 radical (unpaired) electrons. The Morgan fingerprint density at radius 2 is 2.25 bits per heavy atom. The van der Waals surface area contributed by atoms with Gasteiger partial charge in [-0.2, -0.15) is 0 Å². The molecule has 0 aliphatic rings. The van der Waals surface area contributed by atoms with E-state index in [-0.39, 0.29) is 18.0 Å². The predicted molar refractivity (Wildman–Crippen MR) is 57.5 cm³/mol. The van der Waals surface area contributed by atoms with E-state index in [9.17, 15) is 9.18 Å². The van der Waals surface area contributed by atoms with E-state index in [1.54, 1.807) is 13.8 Å². The van der Waals surface area contributed by atoms with Crippen LogP contribution in [0.5, 0.6) is 5.75 Å². The molecule has 88 valence electrons. The van der Waals surface area contributed by atoms with Gasteiger partial charge in [0, 0.05) is 6.07 Å². The summed E-state index contributed by atoms with van der Waals surface area (Å²) in [6.45, 7) is 3.53. The minimum absolute atomic E-state index is 0.149. The van der Waals surface area contributed by atoms with Crippen molar-refractivity contribution in [3.8, 4) is 5.75 Å². The maximum atomic E-state index is 12.7. The molecule has 0 saturated heterocycles. The number of nitrogens with two attached hydrogens (primary N) is 1. The number of halogens is 1. The van der Waals surface area contributed by atoms with Crippen molar-refractivity contribution in [3.63, 3.8) is 0 Å². The molecule has 16 heavy (non-hydrogen) atoms. The van der Waals surface area contributed by atoms with E-state index in [2.05, 4.69) is 0 Å². The van der Waals surface area contributed by atoms with Crippen LogP contribution in [0.25, 0.3) is 0 Å². The molecule has 0 bridgehead atoms. The lowest BCUT2D eigenvalue weighted by molar-refractivity contribution is -0.150. The van der Waals surface area contributed by atoms with Crippen molar-refractivity contribution in [3.05, 3.63) is 24.0 Å². The summed E-state index contributed by atoms with van der Waals surface area (Å²) in [6.07, 6.45) is -0.771. The van der Waals surface area contributed by atoms with Gasteiger partial charge >= 0.3 is 5.97 Å². The fraction of sp³-hybridized carbons (Fsp3) is 0.364. The van der Waals surface area contributed by atoms with Gasteiger partial charge in [0.2, 0.25) is 0 Å². The van der Waals surface area contributed by atoms with E-state index in [4.69, 9.17) is 15.2 Å². The third-order valence-corrected chi connectivity index (χ3v) is 1.89. The number of nitrogen functional groups attached to an aromatic ring is 1. The number of anilines is 1. The average Bonchev–Trinajstić information content (AvgIpc) is 2.22. The predicted octanol–water partition coefficient (Wildman–Crippen LogP) is 1.74. The first kappa shape index (κ1) is 12.3. The topological polar surface area (TPSA) is 61.5 Å². The number of carbonyl (C=O) groups is 1. The summed E-state index contributed by atoms with van der Waals surface area (Å²) in [5, 5.41) is 0. The average molecular weight is 227 g/mol. The van der Waals surface area contributed by atoms with Crippen LogP contribution >= 0.6 is 0 Å². The molecule has 1 aromatic rings. The van der Waals surface area contributed by atoms with Crippen LogP contribution in [0.2, 0.25) is 0 Å². The Labute approximate surface area is 93.2 Å². The summed E-state index contributed by atoms with van der Waals surface area (Å²) in [6, 6.07) is 3.72. The van der Waals surface area contributed by atoms with Crippen LogP contribution in [0.4, 0.5) is 10.1 Å². The Hall–Kier alpha value is -1.78. The summed E-state index contributed by atoms with van der Waals surface area (Å²) >= 11 is 0. The second kappa shape index (κ2) is 5.34. The zero-order chi connectivity index (χ0) is 12.1. The molecule has 1 aromatic carbocycles. The first-order valence-corrected chi connectivity index (χ1v) is 4.93. The summed E-state index contributed by atoms with van der Waals surface area (Å²) in [5.74, 6) is -0.665. The highest BCUT2D eigenvalue weighted by Crippen LogP contribution is 2.23. The van der Waals surface area contributed by atoms with Crippen LogP contribution in [0.1, 0.15) is 13.8 Å². The Balaban J connectivity index is 2.69. The smallest absolute Gasteiger partial charge is 0.347 e. The molecule has 2 N–H and O–H groups in total. The van der Waals surface area contributed by atoms with E-state index in [1.807, 2.05) is 0 Å². The Kier molecular flexibility index (Phi) is 4.10. The van der Waals surface area contributed by atoms with Gasteiger partial charge in [-0.1, -0.05) is 0 Å². The van der Waals surface area contributed by atoms with Gasteiger partial charge in [0.05, 0.1) is 12.3 Å². The summed E-state index contributed by atoms with van der Waals surface area (Å²) in [4.78, 5) is 11.3. The van der Waals surface area contributed by atoms with Gasteiger partial charge in [0.1, 0.15) is 11.6 Å². The minimum atomic E-state index is -0.771. The largest absolute Gasteiger partial charge is 0.477 e. The number of benzene rings is 1. The molecule has 0 aliphatic carbocycles. The number of ether oxygens (including phenoxy) is 2. The maximum Gasteiger partial charge on any atom is 0.347 e. The molecule has 4 nitrogen and oxygen atoms in total. The Morgan fingerprint density at radius 1 is 1.56 bits per heavy atom. The number of rotatable bonds is 4. The van der Waals surface area contributed by atoms with Crippen molar-refractivity contribution in [2.45, 2.75) is 20.0 Å². The van der Waals surface area contributed by atoms with Crippen LogP contribution in [0.3, 0.4) is 0 Å². The van der Waals surface area contributed by atoms with Crippen LogP contribution in [-0.4, -0.2) is 18.7 Å². The lowest BCUT2D eigenvalue weighted by Crippen LogP contribution is -2.26. The van der Waals surface area contributed by atoms with E-state index in [0.717, 1.165) is 6.07 Å². The van der Waals surface area contributed by atoms with Gasteiger partial charge in [-0.3, -0.25) is 0 Å². The van der Waals surface area contributed by atoms with Crippen LogP contribution < -0.4 is 10.5 Å². The zero-order valence-corrected chi connectivity index (χ0v) is 9.20. The Morgan fingerprint density at radius 3 is 2.81 bits per heavy atom. The third kappa shape index (κ3) is 3.12. The van der Waals surface area contributed by atoms with Crippen molar-refractivity contribution in [2.75, 3.05) is 12.3 Å². The molecule has 0 aromatic heterocycles. The molecule has 1 rings (SSSR count). The number of hydrogen-bond donors (Lipinski definition) is 1. The normalized spacial score (nSPS) is 11.9. The van der Waals surface area contributed by atoms with Gasteiger partial charge in [-0.25, -0.2) is 9.18 Å². The molecule has 0 saturated carbocycles. The molecule has 0 heterocycles. The first-order chi connectivity index (χ1) is 7.54. The van der Waals surface area contributed by atoms with Gasteiger partial charge in [-0.15, -0.1) is 0 Å². The van der Waals surface area contributed by atoms with E-state index < -0.39 is 17.9 Å². The van der Waals surface area contributed by atoms with Gasteiger partial charge in [0.25, 0.3) is 0 Å². The second-order valence-electron chi connectivity index (χ2n) is 3.19. The quantitative estimate of drug-likeness (QED) is 0.628. The highest BCUT2D eigenvalue weighted by atomic mass is 19.1. The van der Waals surface area contributed by atoms with Crippen LogP contribution in [0.15, 0.2) is 18.2 Å². The number of carbonyl (C=O) groups excluding carboxylic acids is 1. The molecule has 0 amide bonds. The molecule has 0 spiro atoms. The fourth-order valence-corrected chi connectivity index (χ4v) is 1.12. The minimum Gasteiger partial charge on any atom is -0.477 e. The summed E-state index contributed by atoms with van der Waals surface area (Å²) in [7, 11) is 0. The molecule has 0 aliphatic heterocycles. The third-order valence-electron chi connectivity index (χ3n) is 1.89. The van der Waals surface area contributed by atoms with Gasteiger partial charge in [-0.05, 0) is 26.0 Å². The molecule has 0 fully saturated rings. The van der Waals surface area contributed by atoms with E-state index >= 15 is 0 Å². The Bertz CT molecular complexity index is 381. The lowest BCUT2D eigenvalue weighted by Gasteiger charge is -2.14. The van der Waals surface area contributed by atoms with Gasteiger partial charge in [0.15, 0.2) is 6.10 Å². The highest BCUT2D eigenvalue weighted by molar-refractivity contribution is 5.75. The standard InChI is InChI=1S/C11H14FNO3/c1-3-15-11(14)7(2)16-10-5-4-8(12)6-9(10)13/h4-7H,3,13H2,1-2H3.